The van der Waals surface area contributed by atoms with Crippen molar-refractivity contribution in [2.75, 3.05) is 0 Å². The number of aromatic hydroxyl groups is 1. The van der Waals surface area contributed by atoms with Crippen LogP contribution in [0.4, 0.5) is 0 Å². The first-order chi connectivity index (χ1) is 12.5. The van der Waals surface area contributed by atoms with Crippen LogP contribution < -0.4 is 16.3 Å². The van der Waals surface area contributed by atoms with E-state index in [0.29, 0.717) is 23.4 Å². The summed E-state index contributed by atoms with van der Waals surface area (Å²) in [6.07, 6.45) is 2.78. The summed E-state index contributed by atoms with van der Waals surface area (Å²) in [5, 5.41) is 14.7. The Hall–Kier alpha value is -2.41. The average molecular weight is 373 g/mol. The summed E-state index contributed by atoms with van der Waals surface area (Å²) in [7, 11) is 0. The zero-order valence-corrected chi connectivity index (χ0v) is 15.1. The van der Waals surface area contributed by atoms with Gasteiger partial charge < -0.3 is 5.11 Å². The smallest absolute Gasteiger partial charge is 0.258 e. The molecule has 0 spiro atoms. The largest absolute Gasteiger partial charge is 0.507 e. The van der Waals surface area contributed by atoms with Gasteiger partial charge in [0.15, 0.2) is 0 Å². The fourth-order valence-electron chi connectivity index (χ4n) is 2.81. The van der Waals surface area contributed by atoms with Gasteiger partial charge in [0.1, 0.15) is 11.8 Å². The van der Waals surface area contributed by atoms with Gasteiger partial charge in [0, 0.05) is 16.6 Å². The number of nitrogens with zero attached hydrogens (tertiary/aromatic N) is 1. The molecule has 1 fully saturated rings. The van der Waals surface area contributed by atoms with Crippen LogP contribution in [0.5, 0.6) is 5.75 Å². The molecule has 2 aromatic carbocycles. The van der Waals surface area contributed by atoms with E-state index in [0.717, 1.165) is 11.1 Å². The summed E-state index contributed by atoms with van der Waals surface area (Å²) in [6, 6.07) is 12.8. The van der Waals surface area contributed by atoms with Crippen molar-refractivity contribution in [3.63, 3.8) is 0 Å². The van der Waals surface area contributed by atoms with Crippen molar-refractivity contribution in [2.24, 2.45) is 5.10 Å². The summed E-state index contributed by atoms with van der Waals surface area (Å²) < 4.78 is 0. The van der Waals surface area contributed by atoms with E-state index in [9.17, 15) is 9.90 Å². The number of phenolic OH excluding ortho intramolecular Hbond substituents is 1. The van der Waals surface area contributed by atoms with Crippen molar-refractivity contribution < 1.29 is 9.90 Å². The zero-order valence-electron chi connectivity index (χ0n) is 14.4. The maximum Gasteiger partial charge on any atom is 0.258 e. The van der Waals surface area contributed by atoms with Gasteiger partial charge in [-0.25, -0.2) is 10.9 Å². The highest BCUT2D eigenvalue weighted by Crippen LogP contribution is 2.22. The number of nitrogens with one attached hydrogen (secondary N) is 3. The van der Waals surface area contributed by atoms with E-state index < -0.39 is 0 Å². The predicted octanol–water partition coefficient (Wildman–Crippen LogP) is 2.34. The van der Waals surface area contributed by atoms with E-state index in [1.807, 2.05) is 43.3 Å². The van der Waals surface area contributed by atoms with E-state index in [1.165, 1.54) is 6.21 Å². The van der Waals surface area contributed by atoms with Gasteiger partial charge in [0.05, 0.1) is 6.21 Å². The molecule has 6 nitrogen and oxygen atoms in total. The van der Waals surface area contributed by atoms with Crippen molar-refractivity contribution in [3.05, 3.63) is 64.2 Å². The topological polar surface area (TPSA) is 85.8 Å². The molecule has 1 aliphatic rings. The number of carbonyl (C=O) groups is 1. The number of hydrogen-bond acceptors (Lipinski definition) is 5. The Kier molecular flexibility index (Phi) is 5.88. The normalized spacial score (nSPS) is 19.8. The monoisotopic (exact) mass is 372 g/mol. The van der Waals surface area contributed by atoms with Gasteiger partial charge in [-0.3, -0.25) is 10.2 Å². The Labute approximate surface area is 157 Å². The lowest BCUT2D eigenvalue weighted by atomic mass is 10.0. The third-order valence-corrected chi connectivity index (χ3v) is 4.60. The Morgan fingerprint density at radius 3 is 2.88 bits per heavy atom. The van der Waals surface area contributed by atoms with E-state index in [2.05, 4.69) is 21.4 Å². The van der Waals surface area contributed by atoms with E-state index >= 15 is 0 Å². The predicted molar refractivity (Wildman–Crippen MR) is 102 cm³/mol. The molecule has 0 bridgehead atoms. The van der Waals surface area contributed by atoms with Crippen molar-refractivity contribution >= 4 is 23.7 Å². The van der Waals surface area contributed by atoms with Crippen LogP contribution >= 0.6 is 11.6 Å². The summed E-state index contributed by atoms with van der Waals surface area (Å²) in [4.78, 5) is 12.0. The molecule has 7 heteroatoms. The number of amides is 1. The number of halogens is 1. The molecule has 2 atom stereocenters. The molecule has 1 heterocycles. The van der Waals surface area contributed by atoms with Crippen LogP contribution in [0.15, 0.2) is 47.6 Å². The lowest BCUT2D eigenvalue weighted by Crippen LogP contribution is -2.41. The second-order valence-electron chi connectivity index (χ2n) is 6.37. The second-order valence-corrected chi connectivity index (χ2v) is 6.78. The first-order valence-corrected chi connectivity index (χ1v) is 8.80. The molecule has 0 saturated carbocycles. The van der Waals surface area contributed by atoms with Crippen LogP contribution in [0.3, 0.4) is 0 Å². The fourth-order valence-corrected chi connectivity index (χ4v) is 3.01. The zero-order chi connectivity index (χ0) is 18.5. The molecule has 3 rings (SSSR count). The number of hydrogen-bond donors (Lipinski definition) is 4. The molecule has 2 unspecified atom stereocenters. The van der Waals surface area contributed by atoms with Gasteiger partial charge in [-0.1, -0.05) is 35.9 Å². The molecule has 2 aromatic rings. The quantitative estimate of drug-likeness (QED) is 0.479. The number of phenols is 1. The van der Waals surface area contributed by atoms with E-state index in [-0.39, 0.29) is 23.7 Å². The Morgan fingerprint density at radius 1 is 1.35 bits per heavy atom. The van der Waals surface area contributed by atoms with Gasteiger partial charge in [0.2, 0.25) is 0 Å². The van der Waals surface area contributed by atoms with E-state index in [1.54, 1.807) is 6.07 Å². The number of carbonyl (C=O) groups excluding carboxylic acids is 1. The standard InChI is InChI=1S/C19H21ClN4O2/c1-12-8-17(23-22-12)19(26)24-21-11-15-10-13(6-7-18(15)25)9-14-4-2-3-5-16(14)20/h2-7,10-12,17,22-23,25H,8-9H2,1H3,(H,24,26)/b21-11+. The van der Waals surface area contributed by atoms with E-state index in [4.69, 9.17) is 11.6 Å². The Morgan fingerprint density at radius 2 is 2.15 bits per heavy atom. The van der Waals surface area contributed by atoms with Gasteiger partial charge in [-0.2, -0.15) is 5.10 Å². The summed E-state index contributed by atoms with van der Waals surface area (Å²) in [5.41, 5.74) is 10.9. The third kappa shape index (κ3) is 4.60. The van der Waals surface area contributed by atoms with Crippen LogP contribution in [0.2, 0.25) is 5.02 Å². The van der Waals surface area contributed by atoms with Crippen molar-refractivity contribution in [1.82, 2.24) is 16.3 Å². The highest BCUT2D eigenvalue weighted by molar-refractivity contribution is 6.31. The van der Waals surface area contributed by atoms with Crippen LogP contribution in [-0.2, 0) is 11.2 Å². The summed E-state index contributed by atoms with van der Waals surface area (Å²) in [6.45, 7) is 1.99. The molecule has 4 N–H and O–H groups in total. The molecule has 1 saturated heterocycles. The highest BCUT2D eigenvalue weighted by Gasteiger charge is 2.26. The molecule has 0 aliphatic carbocycles. The molecule has 0 aromatic heterocycles. The summed E-state index contributed by atoms with van der Waals surface area (Å²) in [5.74, 6) is -0.120. The molecule has 1 amide bonds. The maximum absolute atomic E-state index is 12.0. The minimum absolute atomic E-state index is 0.0974. The van der Waals surface area contributed by atoms with Crippen molar-refractivity contribution in [3.8, 4) is 5.75 Å². The first kappa shape index (κ1) is 18.4. The van der Waals surface area contributed by atoms with Gasteiger partial charge >= 0.3 is 0 Å². The average Bonchev–Trinajstić information content (AvgIpc) is 3.06. The number of rotatable bonds is 5. The van der Waals surface area contributed by atoms with Crippen molar-refractivity contribution in [2.45, 2.75) is 31.8 Å². The first-order valence-electron chi connectivity index (χ1n) is 8.42. The number of hydrazine groups is 1. The number of hydrazone groups is 1. The molecule has 26 heavy (non-hydrogen) atoms. The van der Waals surface area contributed by atoms with Crippen LogP contribution in [0.25, 0.3) is 0 Å². The Balaban J connectivity index is 1.66. The van der Waals surface area contributed by atoms with Gasteiger partial charge in [-0.15, -0.1) is 0 Å². The fraction of sp³-hybridized carbons (Fsp3) is 0.263. The van der Waals surface area contributed by atoms with Crippen LogP contribution in [-0.4, -0.2) is 29.3 Å². The molecule has 136 valence electrons. The SMILES string of the molecule is CC1CC(C(=O)N/N=C/c2cc(Cc3ccccc3Cl)ccc2O)NN1. The maximum atomic E-state index is 12.0. The lowest BCUT2D eigenvalue weighted by molar-refractivity contribution is -0.122. The molecule has 0 radical (unpaired) electrons. The van der Waals surface area contributed by atoms with Gasteiger partial charge in [-0.05, 0) is 49.1 Å². The van der Waals surface area contributed by atoms with Crippen LogP contribution in [0, 0.1) is 0 Å². The third-order valence-electron chi connectivity index (χ3n) is 4.23. The molecular weight excluding hydrogens is 352 g/mol. The van der Waals surface area contributed by atoms with Crippen LogP contribution in [0.1, 0.15) is 30.0 Å². The minimum Gasteiger partial charge on any atom is -0.507 e. The number of benzene rings is 2. The van der Waals surface area contributed by atoms with Gasteiger partial charge in [0.25, 0.3) is 5.91 Å². The Bertz CT molecular complexity index is 825. The second kappa shape index (κ2) is 8.31. The highest BCUT2D eigenvalue weighted by atomic mass is 35.5. The minimum atomic E-state index is -0.317. The molecular formula is C19H21ClN4O2. The van der Waals surface area contributed by atoms with Crippen molar-refractivity contribution in [1.29, 1.82) is 0 Å². The molecule has 1 aliphatic heterocycles. The lowest BCUT2D eigenvalue weighted by Gasteiger charge is -2.08. The summed E-state index contributed by atoms with van der Waals surface area (Å²) >= 11 is 6.20.